The third-order valence-corrected chi connectivity index (χ3v) is 6.21. The van der Waals surface area contributed by atoms with E-state index < -0.39 is 5.60 Å². The number of allylic oxidation sites excluding steroid dienone is 2. The van der Waals surface area contributed by atoms with E-state index in [-0.39, 0.29) is 18.0 Å². The molecule has 192 valence electrons. The van der Waals surface area contributed by atoms with E-state index in [1.54, 1.807) is 4.90 Å². The van der Waals surface area contributed by atoms with Gasteiger partial charge in [0.2, 0.25) is 5.91 Å². The molecule has 5 nitrogen and oxygen atoms in total. The minimum absolute atomic E-state index is 0.0536. The van der Waals surface area contributed by atoms with Crippen LogP contribution in [-0.4, -0.2) is 41.6 Å². The van der Waals surface area contributed by atoms with E-state index in [0.717, 1.165) is 25.7 Å². The second-order valence-corrected chi connectivity index (χ2v) is 10.6. The van der Waals surface area contributed by atoms with Gasteiger partial charge in [0.05, 0.1) is 6.04 Å². The van der Waals surface area contributed by atoms with E-state index >= 15 is 0 Å². The molecule has 0 bridgehead atoms. The SMILES string of the molecule is CCCCCCCCC=CCCCCCCCC(=O)NC[C@H]1CCCN1C(=O)OC(C)(C)C. The average Bonchev–Trinajstić information content (AvgIpc) is 3.23. The molecule has 2 amide bonds. The number of unbranched alkanes of at least 4 members (excludes halogenated alkanes) is 11. The summed E-state index contributed by atoms with van der Waals surface area (Å²) in [5.74, 6) is 0.101. The first-order chi connectivity index (χ1) is 15.8. The van der Waals surface area contributed by atoms with Crippen molar-refractivity contribution >= 4 is 12.0 Å². The highest BCUT2D eigenvalue weighted by Gasteiger charge is 2.32. The molecule has 1 aliphatic heterocycles. The largest absolute Gasteiger partial charge is 0.444 e. The predicted octanol–water partition coefficient (Wildman–Crippen LogP) is 7.54. The summed E-state index contributed by atoms with van der Waals surface area (Å²) in [6, 6.07) is 0.0536. The Kier molecular flexibility index (Phi) is 16.0. The van der Waals surface area contributed by atoms with Crippen molar-refractivity contribution < 1.29 is 14.3 Å². The van der Waals surface area contributed by atoms with Gasteiger partial charge in [0.15, 0.2) is 0 Å². The van der Waals surface area contributed by atoms with Gasteiger partial charge in [-0.3, -0.25) is 4.79 Å². The molecule has 0 radical (unpaired) electrons. The van der Waals surface area contributed by atoms with Gasteiger partial charge in [0, 0.05) is 19.5 Å². The lowest BCUT2D eigenvalue weighted by Gasteiger charge is -2.28. The topological polar surface area (TPSA) is 58.6 Å². The molecule has 5 heteroatoms. The van der Waals surface area contributed by atoms with E-state index in [9.17, 15) is 9.59 Å². The van der Waals surface area contributed by atoms with Crippen LogP contribution in [-0.2, 0) is 9.53 Å². The van der Waals surface area contributed by atoms with Crippen LogP contribution in [0.3, 0.4) is 0 Å². The number of nitrogens with zero attached hydrogens (tertiary/aromatic N) is 1. The maximum atomic E-state index is 12.3. The van der Waals surface area contributed by atoms with Crippen LogP contribution in [0.4, 0.5) is 4.79 Å². The minimum Gasteiger partial charge on any atom is -0.444 e. The van der Waals surface area contributed by atoms with Crippen molar-refractivity contribution in [3.8, 4) is 0 Å². The van der Waals surface area contributed by atoms with Gasteiger partial charge in [-0.2, -0.15) is 0 Å². The molecule has 1 heterocycles. The molecule has 1 saturated heterocycles. The summed E-state index contributed by atoms with van der Waals surface area (Å²) < 4.78 is 5.49. The Labute approximate surface area is 204 Å². The highest BCUT2D eigenvalue weighted by Crippen LogP contribution is 2.20. The van der Waals surface area contributed by atoms with E-state index in [1.165, 1.54) is 70.6 Å². The van der Waals surface area contributed by atoms with Gasteiger partial charge in [-0.15, -0.1) is 0 Å². The number of rotatable bonds is 17. The van der Waals surface area contributed by atoms with Crippen LogP contribution in [0.2, 0.25) is 0 Å². The van der Waals surface area contributed by atoms with Gasteiger partial charge in [0.25, 0.3) is 0 Å². The molecule has 1 N–H and O–H groups in total. The number of ether oxygens (including phenoxy) is 1. The first-order valence-corrected chi connectivity index (χ1v) is 13.7. The van der Waals surface area contributed by atoms with Crippen molar-refractivity contribution in [1.29, 1.82) is 0 Å². The van der Waals surface area contributed by atoms with Gasteiger partial charge in [0.1, 0.15) is 5.60 Å². The molecule has 0 spiro atoms. The number of carbonyl (C=O) groups is 2. The fourth-order valence-electron chi connectivity index (χ4n) is 4.29. The summed E-state index contributed by atoms with van der Waals surface area (Å²) in [7, 11) is 0. The van der Waals surface area contributed by atoms with Gasteiger partial charge in [-0.05, 0) is 65.7 Å². The van der Waals surface area contributed by atoms with Gasteiger partial charge >= 0.3 is 6.09 Å². The molecule has 33 heavy (non-hydrogen) atoms. The van der Waals surface area contributed by atoms with Gasteiger partial charge in [-0.1, -0.05) is 70.4 Å². The summed E-state index contributed by atoms with van der Waals surface area (Å²) in [6.07, 6.45) is 23.3. The molecule has 1 aliphatic rings. The van der Waals surface area contributed by atoms with Crippen LogP contribution in [0.5, 0.6) is 0 Å². The van der Waals surface area contributed by atoms with Crippen molar-refractivity contribution in [3.63, 3.8) is 0 Å². The maximum absolute atomic E-state index is 12.3. The number of likely N-dealkylation sites (tertiary alicyclic amines) is 1. The zero-order chi connectivity index (χ0) is 24.4. The van der Waals surface area contributed by atoms with E-state index in [2.05, 4.69) is 24.4 Å². The molecule has 0 aromatic rings. The van der Waals surface area contributed by atoms with Crippen LogP contribution < -0.4 is 5.32 Å². The molecule has 0 saturated carbocycles. The summed E-state index contributed by atoms with van der Waals surface area (Å²) in [6.45, 7) is 9.15. The Bertz CT molecular complexity index is 554. The van der Waals surface area contributed by atoms with Crippen molar-refractivity contribution in [2.24, 2.45) is 0 Å². The van der Waals surface area contributed by atoms with Crippen LogP contribution >= 0.6 is 0 Å². The third kappa shape index (κ3) is 15.9. The highest BCUT2D eigenvalue weighted by atomic mass is 16.6. The molecular formula is C28H52N2O3. The predicted molar refractivity (Wildman–Crippen MR) is 138 cm³/mol. The quantitative estimate of drug-likeness (QED) is 0.179. The summed E-state index contributed by atoms with van der Waals surface area (Å²) in [5, 5.41) is 3.02. The zero-order valence-electron chi connectivity index (χ0n) is 22.1. The Morgan fingerprint density at radius 1 is 0.909 bits per heavy atom. The van der Waals surface area contributed by atoms with Crippen LogP contribution in [0.25, 0.3) is 0 Å². The number of amides is 2. The number of hydrogen-bond acceptors (Lipinski definition) is 3. The average molecular weight is 465 g/mol. The minimum atomic E-state index is -0.489. The van der Waals surface area contributed by atoms with E-state index in [4.69, 9.17) is 4.74 Å². The fourth-order valence-corrected chi connectivity index (χ4v) is 4.29. The lowest BCUT2D eigenvalue weighted by atomic mass is 10.1. The lowest BCUT2D eigenvalue weighted by Crippen LogP contribution is -2.45. The van der Waals surface area contributed by atoms with Crippen molar-refractivity contribution in [2.75, 3.05) is 13.1 Å². The molecule has 0 aromatic heterocycles. The molecule has 0 unspecified atom stereocenters. The first kappa shape index (κ1) is 29.5. The smallest absolute Gasteiger partial charge is 0.410 e. The molecule has 0 aliphatic carbocycles. The summed E-state index contributed by atoms with van der Waals surface area (Å²) >= 11 is 0. The number of hydrogen-bond donors (Lipinski definition) is 1. The Morgan fingerprint density at radius 3 is 2.09 bits per heavy atom. The number of nitrogens with one attached hydrogen (secondary N) is 1. The van der Waals surface area contributed by atoms with Gasteiger partial charge in [-0.25, -0.2) is 4.79 Å². The highest BCUT2D eigenvalue weighted by molar-refractivity contribution is 5.76. The first-order valence-electron chi connectivity index (χ1n) is 13.7. The molecule has 0 aromatic carbocycles. The lowest BCUT2D eigenvalue weighted by molar-refractivity contribution is -0.121. The maximum Gasteiger partial charge on any atom is 0.410 e. The van der Waals surface area contributed by atoms with E-state index in [0.29, 0.717) is 19.5 Å². The second-order valence-electron chi connectivity index (χ2n) is 10.6. The zero-order valence-corrected chi connectivity index (χ0v) is 22.1. The molecule has 1 rings (SSSR count). The van der Waals surface area contributed by atoms with Crippen molar-refractivity contribution in [3.05, 3.63) is 12.2 Å². The van der Waals surface area contributed by atoms with Crippen LogP contribution in [0.15, 0.2) is 12.2 Å². The van der Waals surface area contributed by atoms with Gasteiger partial charge < -0.3 is 15.0 Å². The monoisotopic (exact) mass is 464 g/mol. The standard InChI is InChI=1S/C28H52N2O3/c1-5-6-7-8-9-10-11-12-13-14-15-16-17-18-19-22-26(31)29-24-25-21-20-23-30(25)27(32)33-28(2,3)4/h12-13,25H,5-11,14-24H2,1-4H3,(H,29,31)/t25-/m1/s1. The van der Waals surface area contributed by atoms with E-state index in [1.807, 2.05) is 20.8 Å². The Balaban J connectivity index is 1.98. The van der Waals surface area contributed by atoms with Crippen molar-refractivity contribution in [2.45, 2.75) is 142 Å². The molecule has 1 atom stereocenters. The normalized spacial score (nSPS) is 16.5. The molecule has 1 fully saturated rings. The van der Waals surface area contributed by atoms with Crippen LogP contribution in [0.1, 0.15) is 130 Å². The second kappa shape index (κ2) is 17.9. The summed E-state index contributed by atoms with van der Waals surface area (Å²) in [4.78, 5) is 26.3. The van der Waals surface area contributed by atoms with Crippen molar-refractivity contribution in [1.82, 2.24) is 10.2 Å². The third-order valence-electron chi connectivity index (χ3n) is 6.21. The molecular weight excluding hydrogens is 412 g/mol. The Hall–Kier alpha value is -1.52. The fraction of sp³-hybridized carbons (Fsp3) is 0.857. The Morgan fingerprint density at radius 2 is 1.48 bits per heavy atom. The van der Waals surface area contributed by atoms with Crippen LogP contribution in [0, 0.1) is 0 Å². The summed E-state index contributed by atoms with van der Waals surface area (Å²) in [5.41, 5.74) is -0.489. The number of carbonyl (C=O) groups excluding carboxylic acids is 2.